The molecule has 0 radical (unpaired) electrons. The summed E-state index contributed by atoms with van der Waals surface area (Å²) in [7, 11) is 1.59. The highest BCUT2D eigenvalue weighted by Crippen LogP contribution is 2.22. The van der Waals surface area contributed by atoms with Gasteiger partial charge in [-0.3, -0.25) is 4.79 Å². The molecule has 0 saturated carbocycles. The maximum absolute atomic E-state index is 11.7. The van der Waals surface area contributed by atoms with Crippen LogP contribution in [-0.2, 0) is 9.53 Å². The Balaban J connectivity index is 2.51. The van der Waals surface area contributed by atoms with Crippen molar-refractivity contribution in [3.05, 3.63) is 29.3 Å². The normalized spacial score (nSPS) is 13.7. The summed E-state index contributed by atoms with van der Waals surface area (Å²) < 4.78 is 10.4. The molecule has 0 aliphatic heterocycles. The summed E-state index contributed by atoms with van der Waals surface area (Å²) >= 11 is 0. The quantitative estimate of drug-likeness (QED) is 0.796. The molecule has 1 amide bonds. The van der Waals surface area contributed by atoms with Crippen LogP contribution in [0.5, 0.6) is 5.75 Å². The van der Waals surface area contributed by atoms with Crippen molar-refractivity contribution in [2.45, 2.75) is 32.9 Å². The summed E-state index contributed by atoms with van der Waals surface area (Å²) in [4.78, 5) is 11.7. The molecule has 20 heavy (non-hydrogen) atoms. The summed E-state index contributed by atoms with van der Waals surface area (Å²) in [5.41, 5.74) is 1.72. The van der Waals surface area contributed by atoms with Crippen LogP contribution in [0.4, 0.5) is 0 Å². The fourth-order valence-electron chi connectivity index (χ4n) is 1.85. The second-order valence-electron chi connectivity index (χ2n) is 4.91. The van der Waals surface area contributed by atoms with Crippen LogP contribution in [0.15, 0.2) is 18.2 Å². The van der Waals surface area contributed by atoms with Gasteiger partial charge in [-0.15, -0.1) is 0 Å². The Morgan fingerprint density at radius 3 is 2.65 bits per heavy atom. The lowest BCUT2D eigenvalue weighted by Gasteiger charge is -2.14. The number of hydrogen-bond acceptors (Lipinski definition) is 4. The smallest absolute Gasteiger partial charge is 0.258 e. The number of hydrogen-bond donors (Lipinski definition) is 2. The predicted molar refractivity (Wildman–Crippen MR) is 76.8 cm³/mol. The third-order valence-electron chi connectivity index (χ3n) is 2.86. The maximum atomic E-state index is 11.7. The molecule has 5 heteroatoms. The maximum Gasteiger partial charge on any atom is 0.258 e. The second kappa shape index (κ2) is 7.87. The number of benzene rings is 1. The van der Waals surface area contributed by atoms with Crippen LogP contribution in [0.25, 0.3) is 0 Å². The van der Waals surface area contributed by atoms with Gasteiger partial charge in [-0.05, 0) is 44.0 Å². The van der Waals surface area contributed by atoms with Crippen LogP contribution in [0.1, 0.15) is 31.1 Å². The molecule has 0 heterocycles. The lowest BCUT2D eigenvalue weighted by molar-refractivity contribution is -0.124. The van der Waals surface area contributed by atoms with Gasteiger partial charge in [-0.1, -0.05) is 6.07 Å². The van der Waals surface area contributed by atoms with Crippen LogP contribution in [0.3, 0.4) is 0 Å². The first kappa shape index (κ1) is 16.5. The van der Waals surface area contributed by atoms with Crippen molar-refractivity contribution in [1.29, 1.82) is 0 Å². The van der Waals surface area contributed by atoms with Crippen LogP contribution >= 0.6 is 0 Å². The van der Waals surface area contributed by atoms with E-state index in [1.54, 1.807) is 26.2 Å². The third kappa shape index (κ3) is 5.19. The Kier molecular flexibility index (Phi) is 6.48. The first-order chi connectivity index (χ1) is 9.43. The van der Waals surface area contributed by atoms with Crippen LogP contribution in [0.2, 0.25) is 0 Å². The number of aliphatic hydroxyl groups excluding tert-OH is 1. The first-order valence-corrected chi connectivity index (χ1v) is 6.63. The van der Waals surface area contributed by atoms with Crippen molar-refractivity contribution in [3.63, 3.8) is 0 Å². The molecule has 2 N–H and O–H groups in total. The highest BCUT2D eigenvalue weighted by atomic mass is 16.5. The van der Waals surface area contributed by atoms with Gasteiger partial charge in [0.2, 0.25) is 0 Å². The number of nitrogens with one attached hydrogen (secondary N) is 1. The minimum Gasteiger partial charge on any atom is -0.484 e. The Labute approximate surface area is 119 Å². The molecule has 0 aliphatic carbocycles. The van der Waals surface area contributed by atoms with E-state index in [0.29, 0.717) is 12.4 Å². The molecule has 0 spiro atoms. The molecular formula is C15H23NO4. The van der Waals surface area contributed by atoms with E-state index in [9.17, 15) is 9.90 Å². The summed E-state index contributed by atoms with van der Waals surface area (Å²) in [5, 5.41) is 12.3. The number of aliphatic hydroxyl groups is 1. The van der Waals surface area contributed by atoms with E-state index in [-0.39, 0.29) is 18.6 Å². The zero-order valence-corrected chi connectivity index (χ0v) is 12.5. The average molecular weight is 281 g/mol. The van der Waals surface area contributed by atoms with Gasteiger partial charge in [-0.25, -0.2) is 0 Å². The highest BCUT2D eigenvalue weighted by Gasteiger charge is 2.09. The standard InChI is InChI=1S/C15H23NO4/c1-10-7-13(12(3)17)5-6-14(10)20-9-15(18)16-11(2)8-19-4/h5-7,11-12,17H,8-9H2,1-4H3,(H,16,18)/t11?,12-/m0/s1. The third-order valence-corrected chi connectivity index (χ3v) is 2.86. The number of methoxy groups -OCH3 is 1. The van der Waals surface area contributed by atoms with Crippen molar-refractivity contribution in [2.24, 2.45) is 0 Å². The molecular weight excluding hydrogens is 258 g/mol. The van der Waals surface area contributed by atoms with Gasteiger partial charge in [0.1, 0.15) is 5.75 Å². The van der Waals surface area contributed by atoms with E-state index in [2.05, 4.69) is 5.32 Å². The molecule has 2 atom stereocenters. The fraction of sp³-hybridized carbons (Fsp3) is 0.533. The van der Waals surface area contributed by atoms with E-state index in [1.165, 1.54) is 0 Å². The summed E-state index contributed by atoms with van der Waals surface area (Å²) in [5.74, 6) is 0.456. The van der Waals surface area contributed by atoms with Gasteiger partial charge < -0.3 is 19.9 Å². The molecule has 0 bridgehead atoms. The Hall–Kier alpha value is -1.59. The molecule has 0 fully saturated rings. The van der Waals surface area contributed by atoms with Gasteiger partial charge in [-0.2, -0.15) is 0 Å². The van der Waals surface area contributed by atoms with Gasteiger partial charge >= 0.3 is 0 Å². The van der Waals surface area contributed by atoms with Crippen LogP contribution < -0.4 is 10.1 Å². The first-order valence-electron chi connectivity index (χ1n) is 6.63. The number of amides is 1. The molecule has 0 aromatic heterocycles. The van der Waals surface area contributed by atoms with Gasteiger partial charge in [0.25, 0.3) is 5.91 Å². The summed E-state index contributed by atoms with van der Waals surface area (Å²) in [6.45, 7) is 5.88. The monoisotopic (exact) mass is 281 g/mol. The van der Waals surface area contributed by atoms with E-state index in [4.69, 9.17) is 9.47 Å². The summed E-state index contributed by atoms with van der Waals surface area (Å²) in [6, 6.07) is 5.36. The van der Waals surface area contributed by atoms with E-state index < -0.39 is 6.10 Å². The molecule has 1 aromatic carbocycles. The van der Waals surface area contributed by atoms with Crippen molar-refractivity contribution >= 4 is 5.91 Å². The van der Waals surface area contributed by atoms with Crippen molar-refractivity contribution in [2.75, 3.05) is 20.3 Å². The van der Waals surface area contributed by atoms with Gasteiger partial charge in [0, 0.05) is 13.2 Å². The van der Waals surface area contributed by atoms with E-state index >= 15 is 0 Å². The van der Waals surface area contributed by atoms with Crippen LogP contribution in [0, 0.1) is 6.92 Å². The Bertz CT molecular complexity index is 445. The van der Waals surface area contributed by atoms with Crippen molar-refractivity contribution in [3.8, 4) is 5.75 Å². The minimum atomic E-state index is -0.513. The SMILES string of the molecule is COCC(C)NC(=O)COc1ccc([C@H](C)O)cc1C. The lowest BCUT2D eigenvalue weighted by atomic mass is 10.1. The van der Waals surface area contributed by atoms with Crippen molar-refractivity contribution < 1.29 is 19.4 Å². The molecule has 1 aromatic rings. The Morgan fingerprint density at radius 1 is 1.40 bits per heavy atom. The molecule has 1 unspecified atom stereocenters. The second-order valence-corrected chi connectivity index (χ2v) is 4.91. The number of carbonyl (C=O) groups excluding carboxylic acids is 1. The number of rotatable bonds is 7. The lowest BCUT2D eigenvalue weighted by Crippen LogP contribution is -2.38. The minimum absolute atomic E-state index is 0.0388. The Morgan fingerprint density at radius 2 is 2.10 bits per heavy atom. The summed E-state index contributed by atoms with van der Waals surface area (Å²) in [6.07, 6.45) is -0.513. The fourth-order valence-corrected chi connectivity index (χ4v) is 1.85. The largest absolute Gasteiger partial charge is 0.484 e. The zero-order valence-electron chi connectivity index (χ0n) is 12.5. The number of carbonyl (C=O) groups is 1. The van der Waals surface area contributed by atoms with Gasteiger partial charge in [0.05, 0.1) is 12.7 Å². The predicted octanol–water partition coefficient (Wildman–Crippen LogP) is 1.58. The number of ether oxygens (including phenoxy) is 2. The van der Waals surface area contributed by atoms with Crippen molar-refractivity contribution in [1.82, 2.24) is 5.32 Å². The van der Waals surface area contributed by atoms with Crippen LogP contribution in [-0.4, -0.2) is 37.4 Å². The highest BCUT2D eigenvalue weighted by molar-refractivity contribution is 5.77. The molecule has 112 valence electrons. The molecule has 1 rings (SSSR count). The molecule has 0 saturated heterocycles. The van der Waals surface area contributed by atoms with E-state index in [0.717, 1.165) is 11.1 Å². The number of aryl methyl sites for hydroxylation is 1. The van der Waals surface area contributed by atoms with Gasteiger partial charge in [0.15, 0.2) is 6.61 Å². The molecule has 0 aliphatic rings. The zero-order chi connectivity index (χ0) is 15.1. The topological polar surface area (TPSA) is 67.8 Å². The van der Waals surface area contributed by atoms with E-state index in [1.807, 2.05) is 19.9 Å². The average Bonchev–Trinajstić information content (AvgIpc) is 2.37. The molecule has 5 nitrogen and oxygen atoms in total.